The molecule has 1 aliphatic carbocycles. The summed E-state index contributed by atoms with van der Waals surface area (Å²) >= 11 is 1.95. The second-order valence-electron chi connectivity index (χ2n) is 8.26. The van der Waals surface area contributed by atoms with Gasteiger partial charge in [-0.15, -0.1) is 11.3 Å². The fourth-order valence-corrected chi connectivity index (χ4v) is 6.19. The van der Waals surface area contributed by atoms with E-state index in [0.717, 1.165) is 0 Å². The van der Waals surface area contributed by atoms with Crippen molar-refractivity contribution in [2.24, 2.45) is 0 Å². The summed E-state index contributed by atoms with van der Waals surface area (Å²) in [6.45, 7) is 9.53. The summed E-state index contributed by atoms with van der Waals surface area (Å²) in [6, 6.07) is 22.5. The number of rotatable bonds is 0. The van der Waals surface area contributed by atoms with Crippen LogP contribution in [0.1, 0.15) is 49.9 Å². The minimum atomic E-state index is 0.0157. The van der Waals surface area contributed by atoms with Gasteiger partial charge in [-0.1, -0.05) is 82.3 Å². The van der Waals surface area contributed by atoms with Crippen LogP contribution in [0.2, 0.25) is 0 Å². The first-order chi connectivity index (χ1) is 11.9. The third-order valence-electron chi connectivity index (χ3n) is 6.12. The molecule has 0 atom stereocenters. The van der Waals surface area contributed by atoms with E-state index in [1.165, 1.54) is 42.4 Å². The fourth-order valence-electron chi connectivity index (χ4n) is 4.78. The molecular weight excluding hydrogens is 320 g/mol. The van der Waals surface area contributed by atoms with Gasteiger partial charge in [-0.2, -0.15) is 0 Å². The highest BCUT2D eigenvalue weighted by atomic mass is 32.1. The highest BCUT2D eigenvalue weighted by molar-refractivity contribution is 7.26. The van der Waals surface area contributed by atoms with Crippen LogP contribution in [0.4, 0.5) is 0 Å². The van der Waals surface area contributed by atoms with E-state index < -0.39 is 0 Å². The van der Waals surface area contributed by atoms with Crippen molar-refractivity contribution < 1.29 is 0 Å². The quantitative estimate of drug-likeness (QED) is 0.322. The normalized spacial score (nSPS) is 17.4. The molecule has 0 radical (unpaired) electrons. The van der Waals surface area contributed by atoms with Gasteiger partial charge in [0.05, 0.1) is 0 Å². The first-order valence-corrected chi connectivity index (χ1v) is 9.79. The molecule has 124 valence electrons. The summed E-state index contributed by atoms with van der Waals surface area (Å²) in [5.74, 6) is 0. The molecule has 0 amide bonds. The lowest BCUT2D eigenvalue weighted by molar-refractivity contribution is 0.525. The van der Waals surface area contributed by atoms with Crippen LogP contribution in [-0.2, 0) is 10.8 Å². The van der Waals surface area contributed by atoms with E-state index in [1.54, 1.807) is 0 Å². The summed E-state index contributed by atoms with van der Waals surface area (Å²) in [5, 5.41) is 2.79. The lowest BCUT2D eigenvalue weighted by atomic mass is 9.60. The molecule has 0 nitrogen and oxygen atoms in total. The molecule has 0 saturated carbocycles. The van der Waals surface area contributed by atoms with Crippen molar-refractivity contribution in [1.29, 1.82) is 0 Å². The molecule has 0 bridgehead atoms. The van der Waals surface area contributed by atoms with Crippen LogP contribution < -0.4 is 0 Å². The van der Waals surface area contributed by atoms with Crippen LogP contribution in [0, 0.1) is 0 Å². The smallest absolute Gasteiger partial charge is 0.0399 e. The Hall–Kier alpha value is -2.12. The minimum Gasteiger partial charge on any atom is -0.135 e. The highest BCUT2D eigenvalue weighted by Gasteiger charge is 2.42. The maximum Gasteiger partial charge on any atom is 0.0399 e. The first-order valence-electron chi connectivity index (χ1n) is 8.97. The predicted molar refractivity (Wildman–Crippen MR) is 110 cm³/mol. The summed E-state index contributed by atoms with van der Waals surface area (Å²) in [5.41, 5.74) is 5.99. The third kappa shape index (κ3) is 1.82. The van der Waals surface area contributed by atoms with Crippen LogP contribution in [0.15, 0.2) is 60.7 Å². The van der Waals surface area contributed by atoms with Gasteiger partial charge in [-0.3, -0.25) is 0 Å². The van der Waals surface area contributed by atoms with E-state index in [9.17, 15) is 0 Å². The maximum atomic E-state index is 2.39. The Morgan fingerprint density at radius 1 is 0.600 bits per heavy atom. The fraction of sp³-hybridized carbons (Fsp3) is 0.250. The maximum absolute atomic E-state index is 2.39. The predicted octanol–water partition coefficient (Wildman–Crippen LogP) is 7.02. The Balaban J connectivity index is 1.98. The molecule has 0 N–H and O–H groups in total. The van der Waals surface area contributed by atoms with Crippen molar-refractivity contribution in [3.05, 3.63) is 82.9 Å². The molecule has 0 aliphatic heterocycles. The topological polar surface area (TPSA) is 0 Å². The molecule has 5 rings (SSSR count). The van der Waals surface area contributed by atoms with Gasteiger partial charge in [0.25, 0.3) is 0 Å². The van der Waals surface area contributed by atoms with Crippen LogP contribution >= 0.6 is 11.3 Å². The zero-order valence-electron chi connectivity index (χ0n) is 15.2. The second-order valence-corrected chi connectivity index (χ2v) is 9.31. The molecule has 4 aromatic rings. The van der Waals surface area contributed by atoms with Gasteiger partial charge in [0.2, 0.25) is 0 Å². The SMILES string of the molecule is CC1(C)c2ccccc2C(C)(C)c2c1ccc1c2sc2ccccc21. The molecular formula is C24H22S. The monoisotopic (exact) mass is 342 g/mol. The molecule has 3 aromatic carbocycles. The van der Waals surface area contributed by atoms with Crippen molar-refractivity contribution in [3.63, 3.8) is 0 Å². The van der Waals surface area contributed by atoms with Gasteiger partial charge in [-0.25, -0.2) is 0 Å². The number of thiophene rings is 1. The second kappa shape index (κ2) is 4.74. The van der Waals surface area contributed by atoms with Crippen LogP contribution in [-0.4, -0.2) is 0 Å². The van der Waals surface area contributed by atoms with Crippen molar-refractivity contribution >= 4 is 31.5 Å². The number of hydrogen-bond donors (Lipinski definition) is 0. The van der Waals surface area contributed by atoms with Crippen molar-refractivity contribution in [2.45, 2.75) is 38.5 Å². The molecule has 25 heavy (non-hydrogen) atoms. The Morgan fingerprint density at radius 2 is 1.24 bits per heavy atom. The molecule has 0 fully saturated rings. The van der Waals surface area contributed by atoms with Gasteiger partial charge in [0, 0.05) is 31.0 Å². The van der Waals surface area contributed by atoms with Crippen molar-refractivity contribution in [1.82, 2.24) is 0 Å². The van der Waals surface area contributed by atoms with E-state index in [-0.39, 0.29) is 10.8 Å². The van der Waals surface area contributed by atoms with Gasteiger partial charge in [0.15, 0.2) is 0 Å². The Kier molecular flexibility index (Phi) is 2.87. The molecule has 0 saturated heterocycles. The molecule has 1 heteroatoms. The highest BCUT2D eigenvalue weighted by Crippen LogP contribution is 2.53. The Bertz CT molecular complexity index is 1140. The van der Waals surface area contributed by atoms with Crippen LogP contribution in [0.25, 0.3) is 20.2 Å². The van der Waals surface area contributed by atoms with Gasteiger partial charge < -0.3 is 0 Å². The summed E-state index contributed by atoms with van der Waals surface area (Å²) in [4.78, 5) is 0. The summed E-state index contributed by atoms with van der Waals surface area (Å²) in [6.07, 6.45) is 0. The van der Waals surface area contributed by atoms with E-state index in [4.69, 9.17) is 0 Å². The number of benzene rings is 3. The largest absolute Gasteiger partial charge is 0.135 e. The van der Waals surface area contributed by atoms with Gasteiger partial charge in [0.1, 0.15) is 0 Å². The lowest BCUT2D eigenvalue weighted by Crippen LogP contribution is -2.36. The van der Waals surface area contributed by atoms with E-state index in [0.29, 0.717) is 0 Å². The third-order valence-corrected chi connectivity index (χ3v) is 7.32. The first kappa shape index (κ1) is 15.2. The standard InChI is InChI=1S/C24H22S/c1-23(2)17-10-6-7-11-18(17)24(3,4)21-19(23)14-13-16-15-9-5-8-12-20(15)25-22(16)21/h5-14H,1-4H3. The summed E-state index contributed by atoms with van der Waals surface area (Å²) < 4.78 is 2.85. The van der Waals surface area contributed by atoms with Gasteiger partial charge >= 0.3 is 0 Å². The van der Waals surface area contributed by atoms with Crippen molar-refractivity contribution in [2.75, 3.05) is 0 Å². The van der Waals surface area contributed by atoms with Crippen molar-refractivity contribution in [3.8, 4) is 0 Å². The summed E-state index contributed by atoms with van der Waals surface area (Å²) in [7, 11) is 0. The molecule has 0 spiro atoms. The lowest BCUT2D eigenvalue weighted by Gasteiger charge is -2.44. The molecule has 1 aromatic heterocycles. The number of fused-ring (bicyclic) bond motifs is 6. The van der Waals surface area contributed by atoms with E-state index >= 15 is 0 Å². The average Bonchev–Trinajstić information content (AvgIpc) is 2.98. The van der Waals surface area contributed by atoms with Crippen LogP contribution in [0.3, 0.4) is 0 Å². The van der Waals surface area contributed by atoms with Gasteiger partial charge in [-0.05, 0) is 28.3 Å². The minimum absolute atomic E-state index is 0.0157. The van der Waals surface area contributed by atoms with Crippen LogP contribution in [0.5, 0.6) is 0 Å². The molecule has 0 unspecified atom stereocenters. The molecule has 1 aliphatic rings. The molecule has 1 heterocycles. The number of hydrogen-bond acceptors (Lipinski definition) is 1. The average molecular weight is 343 g/mol. The Morgan fingerprint density at radius 3 is 2.00 bits per heavy atom. The van der Waals surface area contributed by atoms with E-state index in [2.05, 4.69) is 88.4 Å². The zero-order chi connectivity index (χ0) is 17.4. The van der Waals surface area contributed by atoms with E-state index in [1.807, 2.05) is 11.3 Å². The Labute approximate surface area is 153 Å². The zero-order valence-corrected chi connectivity index (χ0v) is 16.0.